The van der Waals surface area contributed by atoms with Crippen molar-refractivity contribution in [3.63, 3.8) is 0 Å². The van der Waals surface area contributed by atoms with E-state index in [0.717, 1.165) is 4.90 Å². The number of nitrogens with zero attached hydrogens (tertiary/aromatic N) is 4. The number of aromatic nitrogens is 3. The number of hydrogen-bond acceptors (Lipinski definition) is 7. The molecule has 2 atom stereocenters. The molecule has 0 spiro atoms. The van der Waals surface area contributed by atoms with Crippen molar-refractivity contribution in [1.29, 1.82) is 0 Å². The van der Waals surface area contributed by atoms with Gasteiger partial charge in [-0.15, -0.1) is 0 Å². The summed E-state index contributed by atoms with van der Waals surface area (Å²) in [6.45, 7) is 1.85. The predicted molar refractivity (Wildman–Crippen MR) is 146 cm³/mol. The molecule has 0 radical (unpaired) electrons. The lowest BCUT2D eigenvalue weighted by Gasteiger charge is -2.35. The second kappa shape index (κ2) is 12.7. The number of hydrogen-bond donors (Lipinski definition) is 1. The van der Waals surface area contributed by atoms with E-state index >= 15 is 0 Å². The number of halogens is 3. The number of pyridine rings is 1. The first-order valence-electron chi connectivity index (χ1n) is 13.4. The van der Waals surface area contributed by atoms with Gasteiger partial charge in [0.2, 0.25) is 5.91 Å². The average molecular weight is 574 g/mol. The van der Waals surface area contributed by atoms with Crippen molar-refractivity contribution in [1.82, 2.24) is 19.7 Å². The van der Waals surface area contributed by atoms with Crippen LogP contribution in [0, 0.1) is 11.8 Å². The Morgan fingerprint density at radius 3 is 2.27 bits per heavy atom. The Labute approximate surface area is 236 Å². The molecule has 2 heterocycles. The van der Waals surface area contributed by atoms with Crippen LogP contribution in [0.25, 0.3) is 5.82 Å². The van der Waals surface area contributed by atoms with Crippen molar-refractivity contribution in [2.75, 3.05) is 26.6 Å². The third-order valence-corrected chi connectivity index (χ3v) is 7.57. The van der Waals surface area contributed by atoms with Crippen LogP contribution in [0.3, 0.4) is 0 Å². The highest BCUT2D eigenvalue weighted by Gasteiger charge is 2.46. The molecule has 0 unspecified atom stereocenters. The number of benzene rings is 1. The van der Waals surface area contributed by atoms with Crippen molar-refractivity contribution in [2.24, 2.45) is 11.8 Å². The Bertz CT molecular complexity index is 1320. The Balaban J connectivity index is 1.52. The van der Waals surface area contributed by atoms with E-state index in [1.165, 1.54) is 38.4 Å². The van der Waals surface area contributed by atoms with Gasteiger partial charge in [0.1, 0.15) is 0 Å². The van der Waals surface area contributed by atoms with Crippen molar-refractivity contribution in [2.45, 2.75) is 50.9 Å². The molecule has 1 aliphatic carbocycles. The van der Waals surface area contributed by atoms with E-state index in [4.69, 9.17) is 9.47 Å². The summed E-state index contributed by atoms with van der Waals surface area (Å²) in [5.74, 6) is -1.24. The Hall–Kier alpha value is -3.93. The van der Waals surface area contributed by atoms with Crippen LogP contribution in [0.5, 0.6) is 0 Å². The summed E-state index contributed by atoms with van der Waals surface area (Å²) >= 11 is 0. The van der Waals surface area contributed by atoms with E-state index in [0.29, 0.717) is 48.6 Å². The lowest BCUT2D eigenvalue weighted by Crippen LogP contribution is -2.43. The molecule has 220 valence electrons. The smallest absolute Gasteiger partial charge is 0.413 e. The number of anilines is 2. The lowest BCUT2D eigenvalue weighted by atomic mass is 9.81. The summed E-state index contributed by atoms with van der Waals surface area (Å²) in [5, 5.41) is 7.64. The van der Waals surface area contributed by atoms with Gasteiger partial charge >= 0.3 is 12.1 Å². The molecule has 4 rings (SSSR count). The molecule has 1 saturated carbocycles. The fraction of sp³-hybridized carbons (Fsp3) is 0.448. The lowest BCUT2D eigenvalue weighted by molar-refractivity contribution is -0.191. The molecule has 1 fully saturated rings. The molecule has 1 aromatic carbocycles. The molecule has 0 aliphatic heterocycles. The molecule has 12 heteroatoms. The number of carbonyl (C=O) groups excluding carboxylic acids is 2. The normalized spacial score (nSPS) is 18.8. The van der Waals surface area contributed by atoms with Crippen LogP contribution < -0.4 is 5.32 Å². The van der Waals surface area contributed by atoms with E-state index < -0.39 is 24.0 Å². The first kappa shape index (κ1) is 30.0. The first-order valence-corrected chi connectivity index (χ1v) is 13.4. The van der Waals surface area contributed by atoms with Crippen molar-refractivity contribution >= 4 is 23.3 Å². The van der Waals surface area contributed by atoms with Gasteiger partial charge in [-0.3, -0.25) is 9.59 Å². The van der Waals surface area contributed by atoms with Crippen LogP contribution in [0.1, 0.15) is 56.0 Å². The maximum atomic E-state index is 14.3. The minimum absolute atomic E-state index is 0.0585. The monoisotopic (exact) mass is 573 g/mol. The zero-order valence-electron chi connectivity index (χ0n) is 23.4. The van der Waals surface area contributed by atoms with E-state index in [9.17, 15) is 22.8 Å². The molecule has 1 aliphatic rings. The van der Waals surface area contributed by atoms with Crippen LogP contribution in [0.4, 0.5) is 24.5 Å². The number of amides is 1. The van der Waals surface area contributed by atoms with Gasteiger partial charge in [0.25, 0.3) is 0 Å². The summed E-state index contributed by atoms with van der Waals surface area (Å²) in [4.78, 5) is 30.0. The first-order chi connectivity index (χ1) is 19.5. The van der Waals surface area contributed by atoms with Gasteiger partial charge in [0.05, 0.1) is 36.7 Å². The van der Waals surface area contributed by atoms with Crippen molar-refractivity contribution < 1.29 is 32.2 Å². The van der Waals surface area contributed by atoms with Gasteiger partial charge in [-0.05, 0) is 62.4 Å². The fourth-order valence-corrected chi connectivity index (χ4v) is 5.31. The molecule has 1 amide bonds. The van der Waals surface area contributed by atoms with Gasteiger partial charge in [0, 0.05) is 32.0 Å². The highest BCUT2D eigenvalue weighted by atomic mass is 19.4. The summed E-state index contributed by atoms with van der Waals surface area (Å²) < 4.78 is 54.8. The van der Waals surface area contributed by atoms with Crippen LogP contribution in [0.15, 0.2) is 54.9 Å². The third kappa shape index (κ3) is 6.70. The quantitative estimate of drug-likeness (QED) is 0.325. The van der Waals surface area contributed by atoms with Gasteiger partial charge in [-0.1, -0.05) is 18.2 Å². The second-order valence-corrected chi connectivity index (χ2v) is 10.1. The maximum Gasteiger partial charge on any atom is 0.413 e. The number of carbonyl (C=O) groups is 2. The highest BCUT2D eigenvalue weighted by Crippen LogP contribution is 2.40. The third-order valence-electron chi connectivity index (χ3n) is 7.57. The summed E-state index contributed by atoms with van der Waals surface area (Å²) in [6.07, 6.45) is -0.297. The van der Waals surface area contributed by atoms with Crippen molar-refractivity contribution in [3.05, 3.63) is 66.1 Å². The van der Waals surface area contributed by atoms with E-state index in [1.54, 1.807) is 36.3 Å². The average Bonchev–Trinajstić information content (AvgIpc) is 3.40. The molecular formula is C29H34F3N5O4. The highest BCUT2D eigenvalue weighted by molar-refractivity contribution is 5.80. The number of nitrogens with one attached hydrogen (secondary N) is 1. The van der Waals surface area contributed by atoms with Crippen LogP contribution in [-0.2, 0) is 19.1 Å². The SMILES string of the molecule is COC(=O)C1CCC(C(=O)N(C)[C@@H](c2ccc(Nc3cnn(-c4ccccn4)c3[C@H](C)OC)cc2)C(F)(F)F)CC1. The minimum atomic E-state index is -4.69. The number of rotatable bonds is 9. The molecule has 0 bridgehead atoms. The zero-order valence-corrected chi connectivity index (χ0v) is 23.4. The van der Waals surface area contributed by atoms with E-state index in [-0.39, 0.29) is 23.6 Å². The van der Waals surface area contributed by atoms with Crippen LogP contribution in [0.2, 0.25) is 0 Å². The van der Waals surface area contributed by atoms with Crippen molar-refractivity contribution in [3.8, 4) is 5.82 Å². The summed E-state index contributed by atoms with van der Waals surface area (Å²) in [5.41, 5.74) is 1.78. The number of ether oxygens (including phenoxy) is 2. The molecule has 1 N–H and O–H groups in total. The maximum absolute atomic E-state index is 14.3. The van der Waals surface area contributed by atoms with Gasteiger partial charge in [0.15, 0.2) is 11.9 Å². The molecule has 3 aromatic rings. The predicted octanol–water partition coefficient (Wildman–Crippen LogP) is 5.76. The van der Waals surface area contributed by atoms with Gasteiger partial charge in [-0.2, -0.15) is 18.3 Å². The minimum Gasteiger partial charge on any atom is -0.469 e. The van der Waals surface area contributed by atoms with E-state index in [1.807, 2.05) is 13.0 Å². The molecular weight excluding hydrogens is 539 g/mol. The van der Waals surface area contributed by atoms with Gasteiger partial charge in [-0.25, -0.2) is 9.67 Å². The summed E-state index contributed by atoms with van der Waals surface area (Å²) in [7, 11) is 4.05. The fourth-order valence-electron chi connectivity index (χ4n) is 5.31. The standard InChI is InChI=1S/C29H34F3N5O4/c1-18(40-3)25-23(17-34-37(25)24-7-5-6-16-33-24)35-22-14-12-19(13-15-22)26(29(30,31)32)36(2)27(38)20-8-10-21(11-9-20)28(39)41-4/h5-7,12-18,20-21,26,35H,8-11H2,1-4H3/t18-,20?,21?,26-/m0/s1. The Morgan fingerprint density at radius 1 is 1.05 bits per heavy atom. The molecule has 41 heavy (non-hydrogen) atoms. The number of alkyl halides is 3. The van der Waals surface area contributed by atoms with Gasteiger partial charge < -0.3 is 19.7 Å². The molecule has 9 nitrogen and oxygen atoms in total. The van der Waals surface area contributed by atoms with E-state index in [2.05, 4.69) is 15.4 Å². The summed E-state index contributed by atoms with van der Waals surface area (Å²) in [6, 6.07) is 9.11. The number of esters is 1. The zero-order chi connectivity index (χ0) is 29.7. The topological polar surface area (TPSA) is 98.6 Å². The molecule has 0 saturated heterocycles. The largest absolute Gasteiger partial charge is 0.469 e. The van der Waals surface area contributed by atoms with Crippen LogP contribution >= 0.6 is 0 Å². The second-order valence-electron chi connectivity index (χ2n) is 10.1. The molecule has 2 aromatic heterocycles. The number of methoxy groups -OCH3 is 2. The van der Waals surface area contributed by atoms with Crippen LogP contribution in [-0.4, -0.2) is 59.0 Å². The Morgan fingerprint density at radius 2 is 1.71 bits per heavy atom. The Kier molecular flexibility index (Phi) is 9.31.